The number of Topliss-reactive ketones (excluding diaryl/α,β-unsaturated/α-hetero) is 1. The van der Waals surface area contributed by atoms with Gasteiger partial charge in [0.25, 0.3) is 0 Å². The minimum Gasteiger partial charge on any atom is -0.348 e. The Labute approximate surface area is 217 Å². The third kappa shape index (κ3) is 12.8. The molecule has 0 spiro atoms. The molecule has 4 amide bonds. The van der Waals surface area contributed by atoms with Crippen LogP contribution in [0.3, 0.4) is 0 Å². The molecule has 4 atom stereocenters. The normalized spacial score (nSPS) is 14.9. The van der Waals surface area contributed by atoms with Crippen LogP contribution in [-0.4, -0.2) is 53.6 Å². The van der Waals surface area contributed by atoms with Crippen LogP contribution in [0.2, 0.25) is 0 Å². The minimum atomic E-state index is -0.898. The van der Waals surface area contributed by atoms with Crippen LogP contribution in [0.15, 0.2) is 12.2 Å². The van der Waals surface area contributed by atoms with Crippen molar-refractivity contribution in [3.63, 3.8) is 0 Å². The summed E-state index contributed by atoms with van der Waals surface area (Å²) in [4.78, 5) is 62.2. The quantitative estimate of drug-likeness (QED) is 0.188. The van der Waals surface area contributed by atoms with Crippen molar-refractivity contribution in [1.82, 2.24) is 21.3 Å². The number of rotatable bonds is 16. The molecule has 0 radical (unpaired) electrons. The molecule has 0 saturated heterocycles. The van der Waals surface area contributed by atoms with Gasteiger partial charge in [-0.2, -0.15) is 0 Å². The van der Waals surface area contributed by atoms with Crippen molar-refractivity contribution < 1.29 is 24.0 Å². The highest BCUT2D eigenvalue weighted by atomic mass is 16.2. The average Bonchev–Trinajstić information content (AvgIpc) is 2.76. The lowest BCUT2D eigenvalue weighted by Gasteiger charge is -2.28. The van der Waals surface area contributed by atoms with Gasteiger partial charge in [-0.3, -0.25) is 19.2 Å². The maximum Gasteiger partial charge on any atom is 0.316 e. The van der Waals surface area contributed by atoms with Crippen molar-refractivity contribution in [2.24, 2.45) is 17.8 Å². The first-order valence-corrected chi connectivity index (χ1v) is 13.1. The Balaban J connectivity index is 5.58. The third-order valence-electron chi connectivity index (χ3n) is 5.92. The highest BCUT2D eigenvalue weighted by Crippen LogP contribution is 2.10. The van der Waals surface area contributed by atoms with Crippen LogP contribution in [0, 0.1) is 17.8 Å². The van der Waals surface area contributed by atoms with Gasteiger partial charge in [-0.15, -0.1) is 0 Å². The van der Waals surface area contributed by atoms with Crippen LogP contribution in [0.4, 0.5) is 4.79 Å². The first kappa shape index (κ1) is 33.3. The fraction of sp³-hybridized carbons (Fsp3) is 0.741. The Hall–Kier alpha value is -2.71. The van der Waals surface area contributed by atoms with E-state index in [1.165, 1.54) is 19.9 Å². The van der Waals surface area contributed by atoms with Crippen LogP contribution in [0.5, 0.6) is 0 Å². The van der Waals surface area contributed by atoms with E-state index in [4.69, 9.17) is 0 Å². The predicted molar refractivity (Wildman–Crippen MR) is 142 cm³/mol. The largest absolute Gasteiger partial charge is 0.348 e. The van der Waals surface area contributed by atoms with Gasteiger partial charge in [0.05, 0.1) is 6.04 Å². The molecular formula is C27H48N4O5. The molecule has 0 rings (SSSR count). The van der Waals surface area contributed by atoms with Crippen molar-refractivity contribution in [2.45, 2.75) is 112 Å². The van der Waals surface area contributed by atoms with Gasteiger partial charge in [0, 0.05) is 6.04 Å². The van der Waals surface area contributed by atoms with Crippen molar-refractivity contribution in [2.75, 3.05) is 0 Å². The zero-order valence-corrected chi connectivity index (χ0v) is 23.6. The molecule has 0 bridgehead atoms. The number of allylic oxidation sites excluding steroid dienone is 1. The first-order valence-electron chi connectivity index (χ1n) is 13.1. The number of amides is 4. The molecule has 1 unspecified atom stereocenters. The third-order valence-corrected chi connectivity index (χ3v) is 5.92. The van der Waals surface area contributed by atoms with E-state index in [9.17, 15) is 24.0 Å². The van der Waals surface area contributed by atoms with Crippen LogP contribution >= 0.6 is 0 Å². The molecule has 206 valence electrons. The minimum absolute atomic E-state index is 0.0421. The van der Waals surface area contributed by atoms with E-state index >= 15 is 0 Å². The smallest absolute Gasteiger partial charge is 0.316 e. The Morgan fingerprint density at radius 2 is 1.25 bits per heavy atom. The summed E-state index contributed by atoms with van der Waals surface area (Å²) in [6.07, 6.45) is 6.16. The zero-order chi connectivity index (χ0) is 28.0. The maximum atomic E-state index is 13.2. The average molecular weight is 509 g/mol. The first-order chi connectivity index (χ1) is 16.7. The van der Waals surface area contributed by atoms with Gasteiger partial charge >= 0.3 is 6.03 Å². The lowest BCUT2D eigenvalue weighted by atomic mass is 10.00. The van der Waals surface area contributed by atoms with E-state index in [-0.39, 0.29) is 41.3 Å². The van der Waals surface area contributed by atoms with Crippen molar-refractivity contribution in [1.29, 1.82) is 0 Å². The summed E-state index contributed by atoms with van der Waals surface area (Å²) in [5.41, 5.74) is 0. The fourth-order valence-corrected chi connectivity index (χ4v) is 3.67. The second-order valence-electron chi connectivity index (χ2n) is 10.5. The molecule has 9 heteroatoms. The van der Waals surface area contributed by atoms with E-state index in [0.717, 1.165) is 19.3 Å². The van der Waals surface area contributed by atoms with E-state index < -0.39 is 30.1 Å². The number of urea groups is 1. The molecule has 0 saturated carbocycles. The number of nitrogens with one attached hydrogen (secondary N) is 4. The number of unbranched alkanes of at least 4 members (excludes halogenated alkanes) is 2. The second-order valence-corrected chi connectivity index (χ2v) is 10.5. The monoisotopic (exact) mass is 508 g/mol. The standard InChI is InChI=1S/C27H48N4O5/c1-10-11-12-13-22(25(34)28-21(16(2)3)15-14-19(8)32)29-26(35)24(18(6)7)31-27(36)30-23(17(4)5)20(9)33/h14-18,21-24H,10-13H2,1-9H3,(H,28,34)(H,29,35)(H2,30,31,36)/b15-14+/t21?,22-,23-,24-/m0/s1. The second kappa shape index (κ2) is 16.9. The summed E-state index contributed by atoms with van der Waals surface area (Å²) >= 11 is 0. The summed E-state index contributed by atoms with van der Waals surface area (Å²) in [6, 6.07) is -3.33. The highest BCUT2D eigenvalue weighted by Gasteiger charge is 2.30. The number of carbonyl (C=O) groups excluding carboxylic acids is 5. The molecule has 9 nitrogen and oxygen atoms in total. The highest BCUT2D eigenvalue weighted by molar-refractivity contribution is 5.93. The van der Waals surface area contributed by atoms with E-state index in [1.54, 1.807) is 19.9 Å². The number of carbonyl (C=O) groups is 5. The summed E-state index contributed by atoms with van der Waals surface area (Å²) in [7, 11) is 0. The lowest BCUT2D eigenvalue weighted by Crippen LogP contribution is -2.59. The maximum absolute atomic E-state index is 13.2. The van der Waals surface area contributed by atoms with Gasteiger partial charge in [-0.1, -0.05) is 73.8 Å². The van der Waals surface area contributed by atoms with Crippen molar-refractivity contribution >= 4 is 29.4 Å². The topological polar surface area (TPSA) is 133 Å². The Morgan fingerprint density at radius 1 is 0.694 bits per heavy atom. The number of hydrogen-bond acceptors (Lipinski definition) is 5. The molecule has 0 aromatic carbocycles. The Kier molecular flexibility index (Phi) is 15.6. The van der Waals surface area contributed by atoms with Gasteiger partial charge in [-0.25, -0.2) is 4.79 Å². The molecular weight excluding hydrogens is 460 g/mol. The van der Waals surface area contributed by atoms with E-state index in [0.29, 0.717) is 6.42 Å². The van der Waals surface area contributed by atoms with Crippen LogP contribution in [0.1, 0.15) is 88.0 Å². The molecule has 0 aliphatic heterocycles. The fourth-order valence-electron chi connectivity index (χ4n) is 3.67. The van der Waals surface area contributed by atoms with E-state index in [1.807, 2.05) is 27.7 Å². The summed E-state index contributed by atoms with van der Waals surface area (Å²) in [5.74, 6) is -1.41. The molecule has 0 aromatic rings. The van der Waals surface area contributed by atoms with Crippen LogP contribution < -0.4 is 21.3 Å². The van der Waals surface area contributed by atoms with Gasteiger partial charge in [0.2, 0.25) is 11.8 Å². The number of ketones is 2. The summed E-state index contributed by atoms with van der Waals surface area (Å²) in [6.45, 7) is 16.0. The Morgan fingerprint density at radius 3 is 1.69 bits per heavy atom. The SMILES string of the molecule is CCCCC[C@H](NC(=O)[C@@H](NC(=O)N[C@H](C(C)=O)C(C)C)C(C)C)C(=O)NC(/C=C/C(C)=O)C(C)C. The molecule has 4 N–H and O–H groups in total. The van der Waals surface area contributed by atoms with Crippen molar-refractivity contribution in [3.05, 3.63) is 12.2 Å². The van der Waals surface area contributed by atoms with Crippen LogP contribution in [-0.2, 0) is 19.2 Å². The van der Waals surface area contributed by atoms with Gasteiger partial charge < -0.3 is 21.3 Å². The summed E-state index contributed by atoms with van der Waals surface area (Å²) < 4.78 is 0. The molecule has 0 aromatic heterocycles. The lowest BCUT2D eigenvalue weighted by molar-refractivity contribution is -0.131. The number of hydrogen-bond donors (Lipinski definition) is 4. The predicted octanol–water partition coefficient (Wildman–Crippen LogP) is 3.27. The molecule has 0 fully saturated rings. The molecule has 0 aliphatic rings. The van der Waals surface area contributed by atoms with Crippen LogP contribution in [0.25, 0.3) is 0 Å². The summed E-state index contributed by atoms with van der Waals surface area (Å²) in [5, 5.41) is 11.1. The Bertz CT molecular complexity index is 776. The van der Waals surface area contributed by atoms with Gasteiger partial charge in [0.1, 0.15) is 12.1 Å². The van der Waals surface area contributed by atoms with Gasteiger partial charge in [0.15, 0.2) is 11.6 Å². The molecule has 36 heavy (non-hydrogen) atoms. The molecule has 0 heterocycles. The van der Waals surface area contributed by atoms with E-state index in [2.05, 4.69) is 28.2 Å². The van der Waals surface area contributed by atoms with Gasteiger partial charge in [-0.05, 0) is 44.1 Å². The zero-order valence-electron chi connectivity index (χ0n) is 23.6. The molecule has 0 aliphatic carbocycles. The van der Waals surface area contributed by atoms with Crippen molar-refractivity contribution in [3.8, 4) is 0 Å².